The van der Waals surface area contributed by atoms with Gasteiger partial charge in [0.25, 0.3) is 12.3 Å². The van der Waals surface area contributed by atoms with Crippen LogP contribution in [0, 0.1) is 0 Å². The smallest absolute Gasteiger partial charge is 0.387 e. The van der Waals surface area contributed by atoms with Crippen molar-refractivity contribution in [2.75, 3.05) is 19.0 Å². The highest BCUT2D eigenvalue weighted by molar-refractivity contribution is 6.18. The molecule has 1 amide bonds. The van der Waals surface area contributed by atoms with E-state index in [1.54, 1.807) is 0 Å². The molecule has 0 N–H and O–H groups in total. The highest BCUT2D eigenvalue weighted by Crippen LogP contribution is 2.22. The molecule has 1 aromatic rings. The van der Waals surface area contributed by atoms with Crippen LogP contribution >= 0.6 is 11.6 Å². The second-order valence-corrected chi connectivity index (χ2v) is 4.08. The maximum Gasteiger partial charge on any atom is 0.387 e. The Bertz CT molecular complexity index is 445. The Morgan fingerprint density at radius 2 is 1.90 bits per heavy atom. The number of carbonyl (C=O) groups excluding carboxylic acids is 1. The van der Waals surface area contributed by atoms with Gasteiger partial charge in [0.05, 0.1) is 12.1 Å². The van der Waals surface area contributed by atoms with Crippen LogP contribution in [0.3, 0.4) is 0 Å². The Morgan fingerprint density at radius 3 is 2.45 bits per heavy atom. The maximum absolute atomic E-state index is 12.4. The molecular weight excluding hydrogens is 302 g/mol. The first-order chi connectivity index (χ1) is 9.45. The first kappa shape index (κ1) is 16.6. The van der Waals surface area contributed by atoms with Gasteiger partial charge in [0.1, 0.15) is 5.75 Å². The number of amides is 1. The summed E-state index contributed by atoms with van der Waals surface area (Å²) < 4.78 is 53.5. The number of benzene rings is 1. The van der Waals surface area contributed by atoms with E-state index in [0.717, 1.165) is 4.90 Å². The summed E-state index contributed by atoms with van der Waals surface area (Å²) in [7, 11) is 0. The quantitative estimate of drug-likeness (QED) is 0.571. The fourth-order valence-electron chi connectivity index (χ4n) is 1.56. The fourth-order valence-corrected chi connectivity index (χ4v) is 1.76. The molecule has 8 heteroatoms. The first-order valence-electron chi connectivity index (χ1n) is 5.63. The third-order valence-corrected chi connectivity index (χ3v) is 2.50. The van der Waals surface area contributed by atoms with Crippen LogP contribution in [0.1, 0.15) is 10.4 Å². The van der Waals surface area contributed by atoms with Crippen molar-refractivity contribution in [3.05, 3.63) is 29.8 Å². The molecule has 0 saturated carbocycles. The number of alkyl halides is 5. The number of rotatable bonds is 7. The normalized spacial score (nSPS) is 10.9. The molecule has 0 bridgehead atoms. The predicted molar refractivity (Wildman–Crippen MR) is 65.7 cm³/mol. The molecular formula is C12H12ClF4NO2. The van der Waals surface area contributed by atoms with Crippen LogP contribution in [0.4, 0.5) is 17.6 Å². The lowest BCUT2D eigenvalue weighted by molar-refractivity contribution is -0.0503. The van der Waals surface area contributed by atoms with Crippen molar-refractivity contribution < 1.29 is 27.1 Å². The number of nitrogens with zero attached hydrogens (tertiary/aromatic N) is 1. The Labute approximate surface area is 118 Å². The van der Waals surface area contributed by atoms with Gasteiger partial charge in [-0.25, -0.2) is 8.78 Å². The van der Waals surface area contributed by atoms with Gasteiger partial charge >= 0.3 is 6.61 Å². The van der Waals surface area contributed by atoms with E-state index in [-0.39, 0.29) is 23.7 Å². The van der Waals surface area contributed by atoms with E-state index in [4.69, 9.17) is 11.6 Å². The Hall–Kier alpha value is -1.50. The molecule has 0 aromatic heterocycles. The Balaban J connectivity index is 2.98. The lowest BCUT2D eigenvalue weighted by Gasteiger charge is -2.22. The first-order valence-corrected chi connectivity index (χ1v) is 6.16. The van der Waals surface area contributed by atoms with Crippen LogP contribution in [0.5, 0.6) is 5.75 Å². The Kier molecular flexibility index (Phi) is 6.57. The molecule has 3 nitrogen and oxygen atoms in total. The highest BCUT2D eigenvalue weighted by Gasteiger charge is 2.23. The summed E-state index contributed by atoms with van der Waals surface area (Å²) in [6.07, 6.45) is -2.75. The van der Waals surface area contributed by atoms with Crippen LogP contribution in [0.15, 0.2) is 24.3 Å². The van der Waals surface area contributed by atoms with E-state index >= 15 is 0 Å². The van der Waals surface area contributed by atoms with E-state index in [1.165, 1.54) is 24.3 Å². The van der Waals surface area contributed by atoms with E-state index in [0.29, 0.717) is 0 Å². The van der Waals surface area contributed by atoms with E-state index in [1.807, 2.05) is 0 Å². The third kappa shape index (κ3) is 4.88. The highest BCUT2D eigenvalue weighted by atomic mass is 35.5. The molecule has 0 radical (unpaired) electrons. The summed E-state index contributed by atoms with van der Waals surface area (Å²) in [6, 6.07) is 5.22. The molecule has 0 spiro atoms. The minimum atomic E-state index is -3.11. The fraction of sp³-hybridized carbons (Fsp3) is 0.417. The third-order valence-electron chi connectivity index (χ3n) is 2.33. The number of halogens is 5. The van der Waals surface area contributed by atoms with Crippen LogP contribution in [-0.4, -0.2) is 42.8 Å². The van der Waals surface area contributed by atoms with Gasteiger partial charge in [0.15, 0.2) is 0 Å². The molecule has 0 atom stereocenters. The average Bonchev–Trinajstić information content (AvgIpc) is 2.37. The van der Waals surface area contributed by atoms with Gasteiger partial charge in [-0.3, -0.25) is 4.79 Å². The van der Waals surface area contributed by atoms with Gasteiger partial charge in [0.2, 0.25) is 0 Å². The second kappa shape index (κ2) is 7.94. The van der Waals surface area contributed by atoms with Crippen molar-refractivity contribution in [1.29, 1.82) is 0 Å². The number of carbonyl (C=O) groups is 1. The summed E-state index contributed by atoms with van der Waals surface area (Å²) in [5.74, 6) is -1.24. The summed E-state index contributed by atoms with van der Waals surface area (Å²) in [6.45, 7) is -4.05. The number of ether oxygens (including phenoxy) is 1. The number of para-hydroxylation sites is 1. The zero-order chi connectivity index (χ0) is 15.1. The lowest BCUT2D eigenvalue weighted by Crippen LogP contribution is -2.36. The molecule has 20 heavy (non-hydrogen) atoms. The summed E-state index contributed by atoms with van der Waals surface area (Å²) in [5.41, 5.74) is -0.210. The van der Waals surface area contributed by atoms with Crippen molar-refractivity contribution >= 4 is 17.5 Å². The van der Waals surface area contributed by atoms with E-state index < -0.39 is 25.5 Å². The predicted octanol–water partition coefficient (Wildman–Crippen LogP) is 3.23. The van der Waals surface area contributed by atoms with Crippen molar-refractivity contribution in [3.63, 3.8) is 0 Å². The summed E-state index contributed by atoms with van der Waals surface area (Å²) >= 11 is 5.45. The van der Waals surface area contributed by atoms with Crippen molar-refractivity contribution in [3.8, 4) is 5.75 Å². The zero-order valence-corrected chi connectivity index (χ0v) is 11.0. The molecule has 0 aliphatic heterocycles. The molecule has 0 fully saturated rings. The standard InChI is InChI=1S/C12H12ClF4NO2/c13-5-6-18(7-10(14)15)11(19)8-3-1-2-4-9(8)20-12(16)17/h1-4,10,12H,5-7H2. The summed E-state index contributed by atoms with van der Waals surface area (Å²) in [4.78, 5) is 12.9. The topological polar surface area (TPSA) is 29.5 Å². The van der Waals surface area contributed by atoms with Crippen LogP contribution < -0.4 is 4.74 Å². The minimum Gasteiger partial charge on any atom is -0.434 e. The Morgan fingerprint density at radius 1 is 1.25 bits per heavy atom. The second-order valence-electron chi connectivity index (χ2n) is 3.71. The maximum atomic E-state index is 12.4. The van der Waals surface area contributed by atoms with Gasteiger partial charge in [0, 0.05) is 12.4 Å². The lowest BCUT2D eigenvalue weighted by atomic mass is 10.1. The SMILES string of the molecule is O=C(c1ccccc1OC(F)F)N(CCCl)CC(F)F. The van der Waals surface area contributed by atoms with Crippen molar-refractivity contribution in [2.45, 2.75) is 13.0 Å². The molecule has 112 valence electrons. The molecule has 0 heterocycles. The van der Waals surface area contributed by atoms with Crippen LogP contribution in [0.25, 0.3) is 0 Å². The molecule has 0 aliphatic carbocycles. The molecule has 0 unspecified atom stereocenters. The van der Waals surface area contributed by atoms with Crippen molar-refractivity contribution in [1.82, 2.24) is 4.90 Å². The number of hydrogen-bond acceptors (Lipinski definition) is 2. The van der Waals surface area contributed by atoms with E-state index in [9.17, 15) is 22.4 Å². The number of hydrogen-bond donors (Lipinski definition) is 0. The molecule has 0 aliphatic rings. The van der Waals surface area contributed by atoms with E-state index in [2.05, 4.69) is 4.74 Å². The van der Waals surface area contributed by atoms with Crippen LogP contribution in [0.2, 0.25) is 0 Å². The largest absolute Gasteiger partial charge is 0.434 e. The van der Waals surface area contributed by atoms with Crippen LogP contribution in [-0.2, 0) is 0 Å². The minimum absolute atomic E-state index is 0.0453. The van der Waals surface area contributed by atoms with Gasteiger partial charge in [-0.2, -0.15) is 8.78 Å². The zero-order valence-electron chi connectivity index (χ0n) is 10.2. The van der Waals surface area contributed by atoms with Crippen molar-refractivity contribution in [2.24, 2.45) is 0 Å². The monoisotopic (exact) mass is 313 g/mol. The van der Waals surface area contributed by atoms with Gasteiger partial charge in [-0.1, -0.05) is 12.1 Å². The average molecular weight is 314 g/mol. The molecule has 0 saturated heterocycles. The van der Waals surface area contributed by atoms with Gasteiger partial charge in [-0.05, 0) is 12.1 Å². The van der Waals surface area contributed by atoms with Gasteiger partial charge in [-0.15, -0.1) is 11.6 Å². The molecule has 1 aromatic carbocycles. The summed E-state index contributed by atoms with van der Waals surface area (Å²) in [5, 5.41) is 0. The van der Waals surface area contributed by atoms with Gasteiger partial charge < -0.3 is 9.64 Å². The molecule has 1 rings (SSSR count).